The molecule has 5 heteroatoms. The molecular weight excluding hydrogens is 336 g/mol. The van der Waals surface area contributed by atoms with Crippen molar-refractivity contribution in [3.63, 3.8) is 0 Å². The van der Waals surface area contributed by atoms with Gasteiger partial charge in [0.1, 0.15) is 5.75 Å². The highest BCUT2D eigenvalue weighted by Crippen LogP contribution is 2.20. The molecular formula is C22H28N4O. The highest BCUT2D eigenvalue weighted by atomic mass is 16.5. The third kappa shape index (κ3) is 4.61. The van der Waals surface area contributed by atoms with Gasteiger partial charge in [-0.1, -0.05) is 24.3 Å². The predicted molar refractivity (Wildman–Crippen MR) is 113 cm³/mol. The smallest absolute Gasteiger partial charge is 0.191 e. The molecule has 0 unspecified atom stereocenters. The molecule has 0 aliphatic carbocycles. The van der Waals surface area contributed by atoms with Crippen molar-refractivity contribution in [1.29, 1.82) is 0 Å². The number of guanidine groups is 1. The van der Waals surface area contributed by atoms with Gasteiger partial charge in [-0.15, -0.1) is 0 Å². The number of methoxy groups -OCH3 is 1. The maximum absolute atomic E-state index is 5.39. The van der Waals surface area contributed by atoms with E-state index in [1.807, 2.05) is 6.92 Å². The highest BCUT2D eigenvalue weighted by Gasteiger charge is 2.05. The zero-order valence-corrected chi connectivity index (χ0v) is 16.5. The number of nitrogens with one attached hydrogen (secondary N) is 3. The van der Waals surface area contributed by atoms with E-state index in [-0.39, 0.29) is 0 Å². The first kappa shape index (κ1) is 18.8. The van der Waals surface area contributed by atoms with Gasteiger partial charge in [-0.2, -0.15) is 0 Å². The third-order valence-electron chi connectivity index (χ3n) is 4.77. The van der Waals surface area contributed by atoms with Crippen LogP contribution in [-0.2, 0) is 13.0 Å². The van der Waals surface area contributed by atoms with E-state index in [0.717, 1.165) is 35.8 Å². The Kier molecular flexibility index (Phi) is 6.01. The summed E-state index contributed by atoms with van der Waals surface area (Å²) >= 11 is 0. The fraction of sp³-hybridized carbons (Fsp3) is 0.318. The lowest BCUT2D eigenvalue weighted by Crippen LogP contribution is -2.37. The van der Waals surface area contributed by atoms with Crippen LogP contribution in [0.3, 0.4) is 0 Å². The van der Waals surface area contributed by atoms with Crippen molar-refractivity contribution in [3.8, 4) is 5.75 Å². The number of benzene rings is 2. The molecule has 0 atom stereocenters. The van der Waals surface area contributed by atoms with Gasteiger partial charge in [-0.25, -0.2) is 0 Å². The Hall–Kier alpha value is -2.95. The van der Waals surface area contributed by atoms with E-state index in [0.29, 0.717) is 6.54 Å². The Balaban J connectivity index is 1.53. The summed E-state index contributed by atoms with van der Waals surface area (Å²) in [6, 6.07) is 12.8. The Morgan fingerprint density at radius 3 is 2.74 bits per heavy atom. The molecule has 3 rings (SSSR count). The minimum atomic E-state index is 0.697. The van der Waals surface area contributed by atoms with Crippen molar-refractivity contribution in [3.05, 3.63) is 64.8 Å². The Morgan fingerprint density at radius 1 is 1.11 bits per heavy atom. The average Bonchev–Trinajstić information content (AvgIpc) is 3.07. The lowest BCUT2D eigenvalue weighted by molar-refractivity contribution is 0.411. The quantitative estimate of drug-likeness (QED) is 0.462. The first-order valence-corrected chi connectivity index (χ1v) is 9.25. The molecule has 1 aromatic heterocycles. The van der Waals surface area contributed by atoms with Crippen molar-refractivity contribution >= 4 is 16.9 Å². The Bertz CT molecular complexity index is 943. The fourth-order valence-corrected chi connectivity index (χ4v) is 3.20. The molecule has 0 saturated carbocycles. The number of aliphatic imine (C=N–C) groups is 1. The third-order valence-corrected chi connectivity index (χ3v) is 4.77. The second kappa shape index (κ2) is 8.62. The van der Waals surface area contributed by atoms with E-state index in [9.17, 15) is 0 Å². The molecule has 142 valence electrons. The van der Waals surface area contributed by atoms with Gasteiger partial charge in [0.25, 0.3) is 0 Å². The number of rotatable bonds is 6. The standard InChI is InChI=1S/C22H28N4O/c1-15-5-8-19-18(14-25-20(19)11-15)9-10-24-22(23-3)26-13-17-7-6-16(2)21(12-17)27-4/h5-8,11-12,14,25H,9-10,13H2,1-4H3,(H2,23,24,26). The number of hydrogen-bond acceptors (Lipinski definition) is 2. The first-order chi connectivity index (χ1) is 13.1. The van der Waals surface area contributed by atoms with Gasteiger partial charge < -0.3 is 20.4 Å². The van der Waals surface area contributed by atoms with Crippen LogP contribution in [0.15, 0.2) is 47.6 Å². The van der Waals surface area contributed by atoms with Crippen molar-refractivity contribution in [1.82, 2.24) is 15.6 Å². The van der Waals surface area contributed by atoms with Crippen molar-refractivity contribution in [2.75, 3.05) is 20.7 Å². The summed E-state index contributed by atoms with van der Waals surface area (Å²) in [5.74, 6) is 1.71. The van der Waals surface area contributed by atoms with Gasteiger partial charge in [0.15, 0.2) is 5.96 Å². The fourth-order valence-electron chi connectivity index (χ4n) is 3.20. The van der Waals surface area contributed by atoms with E-state index in [1.165, 1.54) is 22.0 Å². The molecule has 5 nitrogen and oxygen atoms in total. The predicted octanol–water partition coefficient (Wildman–Crippen LogP) is 3.70. The van der Waals surface area contributed by atoms with Crippen LogP contribution in [0.4, 0.5) is 0 Å². The molecule has 3 aromatic rings. The Labute approximate surface area is 160 Å². The maximum Gasteiger partial charge on any atom is 0.191 e. The second-order valence-corrected chi connectivity index (χ2v) is 6.77. The van der Waals surface area contributed by atoms with Gasteiger partial charge in [-0.3, -0.25) is 4.99 Å². The molecule has 0 bridgehead atoms. The summed E-state index contributed by atoms with van der Waals surface area (Å²) < 4.78 is 5.39. The number of H-pyrrole nitrogens is 1. The van der Waals surface area contributed by atoms with Crippen LogP contribution in [0.1, 0.15) is 22.3 Å². The molecule has 0 aliphatic rings. The van der Waals surface area contributed by atoms with Gasteiger partial charge in [0.2, 0.25) is 0 Å². The van der Waals surface area contributed by atoms with Crippen LogP contribution in [0, 0.1) is 13.8 Å². The van der Waals surface area contributed by atoms with Crippen LogP contribution in [0.25, 0.3) is 10.9 Å². The molecule has 3 N–H and O–H groups in total. The summed E-state index contributed by atoms with van der Waals surface area (Å²) in [6.07, 6.45) is 3.03. The van der Waals surface area contributed by atoms with Gasteiger partial charge in [-0.05, 0) is 54.7 Å². The number of fused-ring (bicyclic) bond motifs is 1. The summed E-state index contributed by atoms with van der Waals surface area (Å²) in [6.45, 7) is 5.67. The summed E-state index contributed by atoms with van der Waals surface area (Å²) in [5, 5.41) is 8.03. The van der Waals surface area contributed by atoms with E-state index < -0.39 is 0 Å². The number of nitrogens with zero attached hydrogens (tertiary/aromatic N) is 1. The minimum absolute atomic E-state index is 0.697. The number of aromatic amines is 1. The lowest BCUT2D eigenvalue weighted by Gasteiger charge is -2.13. The normalized spacial score (nSPS) is 11.6. The van der Waals surface area contributed by atoms with Crippen LogP contribution >= 0.6 is 0 Å². The average molecular weight is 364 g/mol. The van der Waals surface area contributed by atoms with Crippen molar-refractivity contribution < 1.29 is 4.74 Å². The monoisotopic (exact) mass is 364 g/mol. The molecule has 0 amide bonds. The molecule has 0 spiro atoms. The van der Waals surface area contributed by atoms with E-state index in [2.05, 4.69) is 70.1 Å². The van der Waals surface area contributed by atoms with Crippen LogP contribution in [0.2, 0.25) is 0 Å². The van der Waals surface area contributed by atoms with Gasteiger partial charge in [0.05, 0.1) is 7.11 Å². The number of aromatic nitrogens is 1. The Morgan fingerprint density at radius 2 is 1.96 bits per heavy atom. The second-order valence-electron chi connectivity index (χ2n) is 6.77. The molecule has 1 heterocycles. The van der Waals surface area contributed by atoms with Gasteiger partial charge in [0, 0.05) is 37.2 Å². The minimum Gasteiger partial charge on any atom is -0.496 e. The molecule has 0 fully saturated rings. The van der Waals surface area contributed by atoms with E-state index >= 15 is 0 Å². The molecule has 0 saturated heterocycles. The zero-order valence-electron chi connectivity index (χ0n) is 16.5. The topological polar surface area (TPSA) is 61.4 Å². The van der Waals surface area contributed by atoms with Crippen LogP contribution in [-0.4, -0.2) is 31.6 Å². The number of aryl methyl sites for hydroxylation is 2. The first-order valence-electron chi connectivity index (χ1n) is 9.25. The molecule has 27 heavy (non-hydrogen) atoms. The SMILES string of the molecule is CN=C(NCCc1c[nH]c2cc(C)ccc12)NCc1ccc(C)c(OC)c1. The van der Waals surface area contributed by atoms with Crippen molar-refractivity contribution in [2.24, 2.45) is 4.99 Å². The number of ether oxygens (including phenoxy) is 1. The number of hydrogen-bond donors (Lipinski definition) is 3. The molecule has 0 radical (unpaired) electrons. The summed E-state index contributed by atoms with van der Waals surface area (Å²) in [7, 11) is 3.49. The summed E-state index contributed by atoms with van der Waals surface area (Å²) in [5.41, 5.74) is 6.08. The molecule has 0 aliphatic heterocycles. The largest absolute Gasteiger partial charge is 0.496 e. The van der Waals surface area contributed by atoms with Crippen molar-refractivity contribution in [2.45, 2.75) is 26.8 Å². The highest BCUT2D eigenvalue weighted by molar-refractivity contribution is 5.84. The zero-order chi connectivity index (χ0) is 19.2. The summed E-state index contributed by atoms with van der Waals surface area (Å²) in [4.78, 5) is 7.67. The maximum atomic E-state index is 5.39. The lowest BCUT2D eigenvalue weighted by atomic mass is 10.1. The van der Waals surface area contributed by atoms with E-state index in [1.54, 1.807) is 14.2 Å². The van der Waals surface area contributed by atoms with Gasteiger partial charge >= 0.3 is 0 Å². The van der Waals surface area contributed by atoms with Crippen LogP contribution in [0.5, 0.6) is 5.75 Å². The molecule has 2 aromatic carbocycles. The van der Waals surface area contributed by atoms with E-state index in [4.69, 9.17) is 4.74 Å². The van der Waals surface area contributed by atoms with Crippen LogP contribution < -0.4 is 15.4 Å².